The molecule has 33 heavy (non-hydrogen) atoms. The Morgan fingerprint density at radius 1 is 1.36 bits per heavy atom. The van der Waals surface area contributed by atoms with Gasteiger partial charge in [-0.15, -0.1) is 11.8 Å². The zero-order valence-corrected chi connectivity index (χ0v) is 23.6. The van der Waals surface area contributed by atoms with Crippen molar-refractivity contribution in [2.45, 2.75) is 37.8 Å². The second kappa shape index (κ2) is 9.93. The maximum Gasteiger partial charge on any atom is 0.338 e. The molecular formula is C23H20BrIN2O4S2. The summed E-state index contributed by atoms with van der Waals surface area (Å²) in [5, 5.41) is 0. The summed E-state index contributed by atoms with van der Waals surface area (Å²) in [6.07, 6.45) is 3.42. The number of thiazole rings is 1. The fraction of sp³-hybridized carbons (Fsp3) is 0.261. The number of hydrogen-bond acceptors (Lipinski definition) is 7. The van der Waals surface area contributed by atoms with Crippen molar-refractivity contribution in [3.05, 3.63) is 80.9 Å². The van der Waals surface area contributed by atoms with Crippen LogP contribution in [-0.4, -0.2) is 22.9 Å². The van der Waals surface area contributed by atoms with Crippen molar-refractivity contribution in [3.63, 3.8) is 0 Å². The van der Waals surface area contributed by atoms with Gasteiger partial charge in [-0.05, 0) is 66.7 Å². The Morgan fingerprint density at radius 2 is 2.06 bits per heavy atom. The van der Waals surface area contributed by atoms with E-state index in [9.17, 15) is 9.59 Å². The predicted molar refractivity (Wildman–Crippen MR) is 142 cm³/mol. The number of carbonyl (C=O) groups excluding carboxylic acids is 1. The van der Waals surface area contributed by atoms with E-state index >= 15 is 0 Å². The van der Waals surface area contributed by atoms with Crippen LogP contribution >= 0.6 is 61.6 Å². The molecule has 0 amide bonds. The maximum atomic E-state index is 13.6. The van der Waals surface area contributed by atoms with E-state index in [4.69, 9.17) is 9.15 Å². The van der Waals surface area contributed by atoms with Gasteiger partial charge in [-0.3, -0.25) is 9.36 Å². The smallest absolute Gasteiger partial charge is 0.338 e. The third-order valence-electron chi connectivity index (χ3n) is 4.95. The van der Waals surface area contributed by atoms with Crippen LogP contribution in [0.5, 0.6) is 0 Å². The van der Waals surface area contributed by atoms with Gasteiger partial charge in [0.05, 0.1) is 32.4 Å². The summed E-state index contributed by atoms with van der Waals surface area (Å²) in [5.74, 6) is 0.0940. The van der Waals surface area contributed by atoms with Gasteiger partial charge < -0.3 is 9.15 Å². The van der Waals surface area contributed by atoms with E-state index in [0.29, 0.717) is 30.1 Å². The van der Waals surface area contributed by atoms with Crippen LogP contribution in [0.3, 0.4) is 0 Å². The molecule has 2 aromatic heterocycles. The largest absolute Gasteiger partial charge is 0.459 e. The zero-order chi connectivity index (χ0) is 23.9. The highest BCUT2D eigenvalue weighted by Crippen LogP contribution is 2.32. The van der Waals surface area contributed by atoms with E-state index in [1.807, 2.05) is 36.6 Å². The van der Waals surface area contributed by atoms with Crippen LogP contribution in [0, 0.1) is 3.77 Å². The lowest BCUT2D eigenvalue weighted by molar-refractivity contribution is -0.143. The first-order valence-corrected chi connectivity index (χ1v) is 13.9. The monoisotopic (exact) mass is 658 g/mol. The number of ether oxygens (including phenoxy) is 1. The molecule has 0 N–H and O–H groups in total. The van der Waals surface area contributed by atoms with Crippen LogP contribution in [0.2, 0.25) is 0 Å². The van der Waals surface area contributed by atoms with Gasteiger partial charge in [-0.25, -0.2) is 9.79 Å². The Bertz CT molecular complexity index is 1410. The first kappa shape index (κ1) is 24.5. The molecule has 1 aliphatic heterocycles. The summed E-state index contributed by atoms with van der Waals surface area (Å²) in [4.78, 5) is 32.9. The van der Waals surface area contributed by atoms with Gasteiger partial charge in [0.2, 0.25) is 0 Å². The number of furan rings is 1. The number of aromatic nitrogens is 1. The third kappa shape index (κ3) is 4.94. The maximum absolute atomic E-state index is 13.6. The van der Waals surface area contributed by atoms with Gasteiger partial charge in [0, 0.05) is 33.6 Å². The molecular weight excluding hydrogens is 639 g/mol. The van der Waals surface area contributed by atoms with Crippen LogP contribution in [0.1, 0.15) is 38.1 Å². The molecule has 6 nitrogen and oxygen atoms in total. The van der Waals surface area contributed by atoms with Gasteiger partial charge in [0.25, 0.3) is 5.56 Å². The summed E-state index contributed by atoms with van der Waals surface area (Å²) >= 11 is 8.41. The van der Waals surface area contributed by atoms with Gasteiger partial charge >= 0.3 is 5.97 Å². The van der Waals surface area contributed by atoms with E-state index in [1.165, 1.54) is 11.3 Å². The number of rotatable bonds is 5. The van der Waals surface area contributed by atoms with Gasteiger partial charge in [0.15, 0.2) is 8.57 Å². The molecule has 0 spiro atoms. The number of hydrogen-bond donors (Lipinski definition) is 0. The summed E-state index contributed by atoms with van der Waals surface area (Å²) in [7, 11) is 0. The standard InChI is InChI=1S/C23H20BrIN2O4S2/c1-11(2)30-22(29)18-12(3)26-23-27(19(18)13-5-7-15(32-4)8-6-13)21(28)17(33-23)10-14-9-16(24)20(25)31-14/h5-11,19H,1-4H3/b17-10+/t19-/m0/s1. The number of allylic oxidation sites excluding steroid dienone is 1. The molecule has 3 heterocycles. The quantitative estimate of drug-likeness (QED) is 0.222. The molecule has 1 aromatic carbocycles. The van der Waals surface area contributed by atoms with Crippen LogP contribution in [0.15, 0.2) is 65.2 Å². The lowest BCUT2D eigenvalue weighted by Crippen LogP contribution is -2.40. The molecule has 3 aromatic rings. The van der Waals surface area contributed by atoms with E-state index in [-0.39, 0.29) is 11.7 Å². The van der Waals surface area contributed by atoms with Crippen molar-refractivity contribution in [1.29, 1.82) is 0 Å². The minimum atomic E-state index is -0.631. The zero-order valence-electron chi connectivity index (χ0n) is 18.2. The number of benzene rings is 1. The minimum absolute atomic E-state index is 0.234. The van der Waals surface area contributed by atoms with Crippen molar-refractivity contribution in [2.75, 3.05) is 6.26 Å². The SMILES string of the molecule is CSc1ccc([C@H]2C(C(=O)OC(C)C)=C(C)N=c3s/c(=C/c4cc(Br)c(I)o4)c(=O)n32)cc1. The van der Waals surface area contributed by atoms with Crippen molar-refractivity contribution in [3.8, 4) is 0 Å². The number of carbonyl (C=O) groups is 1. The highest BCUT2D eigenvalue weighted by atomic mass is 127. The average molecular weight is 659 g/mol. The molecule has 1 atom stereocenters. The average Bonchev–Trinajstić information content (AvgIpc) is 3.24. The summed E-state index contributed by atoms with van der Waals surface area (Å²) in [5.41, 5.74) is 1.50. The Kier molecular flexibility index (Phi) is 7.37. The predicted octanol–water partition coefficient (Wildman–Crippen LogP) is 4.87. The fourth-order valence-corrected chi connectivity index (χ4v) is 5.68. The topological polar surface area (TPSA) is 73.8 Å². The first-order chi connectivity index (χ1) is 15.7. The van der Waals surface area contributed by atoms with Gasteiger partial charge in [-0.1, -0.05) is 23.5 Å². The van der Waals surface area contributed by atoms with E-state index in [2.05, 4.69) is 43.5 Å². The van der Waals surface area contributed by atoms with Crippen molar-refractivity contribution < 1.29 is 13.9 Å². The third-order valence-corrected chi connectivity index (χ3v) is 8.81. The van der Waals surface area contributed by atoms with Crippen molar-refractivity contribution in [2.24, 2.45) is 4.99 Å². The van der Waals surface area contributed by atoms with Gasteiger partial charge in [0.1, 0.15) is 5.76 Å². The molecule has 0 radical (unpaired) electrons. The van der Waals surface area contributed by atoms with Gasteiger partial charge in [-0.2, -0.15) is 0 Å². The molecule has 172 valence electrons. The number of fused-ring (bicyclic) bond motifs is 1. The van der Waals surface area contributed by atoms with Crippen molar-refractivity contribution >= 4 is 73.7 Å². The van der Waals surface area contributed by atoms with E-state index < -0.39 is 12.0 Å². The van der Waals surface area contributed by atoms with Crippen molar-refractivity contribution in [1.82, 2.24) is 4.57 Å². The Labute approximate surface area is 220 Å². The molecule has 0 bridgehead atoms. The molecule has 0 saturated carbocycles. The number of nitrogens with zero attached hydrogens (tertiary/aromatic N) is 2. The van der Waals surface area contributed by atoms with Crippen LogP contribution in [0.25, 0.3) is 6.08 Å². The van der Waals surface area contributed by atoms with Crippen LogP contribution in [-0.2, 0) is 9.53 Å². The lowest BCUT2D eigenvalue weighted by Gasteiger charge is -2.25. The molecule has 1 aliphatic rings. The Balaban J connectivity index is 1.93. The minimum Gasteiger partial charge on any atom is -0.459 e. The van der Waals surface area contributed by atoms with Crippen LogP contribution < -0.4 is 14.9 Å². The van der Waals surface area contributed by atoms with Crippen LogP contribution in [0.4, 0.5) is 0 Å². The lowest BCUT2D eigenvalue weighted by atomic mass is 9.96. The Morgan fingerprint density at radius 3 is 2.64 bits per heavy atom. The summed E-state index contributed by atoms with van der Waals surface area (Å²) in [6.45, 7) is 5.38. The normalized spacial score (nSPS) is 16.2. The summed E-state index contributed by atoms with van der Waals surface area (Å²) in [6, 6.07) is 9.05. The highest BCUT2D eigenvalue weighted by molar-refractivity contribution is 14.1. The molecule has 0 unspecified atom stereocenters. The Hall–Kier alpha value is -1.63. The van der Waals surface area contributed by atoms with E-state index in [0.717, 1.165) is 14.9 Å². The second-order valence-corrected chi connectivity index (χ2v) is 11.3. The second-order valence-electron chi connectivity index (χ2n) is 7.58. The molecule has 0 aliphatic carbocycles. The number of thioether (sulfide) groups is 1. The molecule has 10 heteroatoms. The van der Waals surface area contributed by atoms with E-state index in [1.54, 1.807) is 43.2 Å². The molecule has 0 saturated heterocycles. The fourth-order valence-electron chi connectivity index (χ4n) is 3.53. The summed E-state index contributed by atoms with van der Waals surface area (Å²) < 4.78 is 14.8. The number of esters is 1. The number of halogens is 2. The first-order valence-electron chi connectivity index (χ1n) is 10.0. The highest BCUT2D eigenvalue weighted by Gasteiger charge is 2.33. The molecule has 4 rings (SSSR count). The molecule has 0 fully saturated rings.